The Morgan fingerprint density at radius 2 is 1.91 bits per heavy atom. The van der Waals surface area contributed by atoms with Gasteiger partial charge in [0, 0.05) is 24.0 Å². The van der Waals surface area contributed by atoms with Crippen molar-refractivity contribution in [2.24, 2.45) is 0 Å². The van der Waals surface area contributed by atoms with Crippen molar-refractivity contribution in [1.82, 2.24) is 24.6 Å². The van der Waals surface area contributed by atoms with Gasteiger partial charge in [0.2, 0.25) is 0 Å². The summed E-state index contributed by atoms with van der Waals surface area (Å²) in [7, 11) is 0. The van der Waals surface area contributed by atoms with E-state index in [9.17, 15) is 14.4 Å². The molecule has 172 valence electrons. The zero-order valence-corrected chi connectivity index (χ0v) is 18.6. The van der Waals surface area contributed by atoms with Crippen LogP contribution in [0.4, 0.5) is 5.82 Å². The molecule has 1 atom stereocenters. The molecule has 0 spiro atoms. The highest BCUT2D eigenvalue weighted by molar-refractivity contribution is 5.96. The summed E-state index contributed by atoms with van der Waals surface area (Å²) in [6, 6.07) is 5.89. The van der Waals surface area contributed by atoms with Gasteiger partial charge in [-0.3, -0.25) is 9.59 Å². The first kappa shape index (κ1) is 22.2. The number of nitrogens with one attached hydrogen (secondary N) is 1. The number of carbonyl (C=O) groups excluding carboxylic acids is 3. The first-order valence-electron chi connectivity index (χ1n) is 10.5. The highest BCUT2D eigenvalue weighted by atomic mass is 16.5. The van der Waals surface area contributed by atoms with Crippen LogP contribution in [0.1, 0.15) is 40.5 Å². The average Bonchev–Trinajstić information content (AvgIpc) is 3.52. The van der Waals surface area contributed by atoms with Crippen molar-refractivity contribution in [2.75, 3.05) is 18.5 Å². The molecule has 33 heavy (non-hydrogen) atoms. The van der Waals surface area contributed by atoms with E-state index in [4.69, 9.17) is 9.15 Å². The maximum atomic E-state index is 12.6. The molecule has 0 aromatic carbocycles. The van der Waals surface area contributed by atoms with Crippen LogP contribution in [0, 0.1) is 20.8 Å². The van der Waals surface area contributed by atoms with Crippen LogP contribution in [0.2, 0.25) is 0 Å². The van der Waals surface area contributed by atoms with Gasteiger partial charge >= 0.3 is 5.97 Å². The first-order chi connectivity index (χ1) is 15.8. The topological polar surface area (TPSA) is 132 Å². The van der Waals surface area contributed by atoms with E-state index in [0.29, 0.717) is 36.8 Å². The Labute approximate surface area is 189 Å². The summed E-state index contributed by atoms with van der Waals surface area (Å²) in [5.41, 5.74) is 2.19. The van der Waals surface area contributed by atoms with Crippen LogP contribution in [-0.4, -0.2) is 61.6 Å². The number of furan rings is 1. The Morgan fingerprint density at radius 3 is 2.61 bits per heavy atom. The van der Waals surface area contributed by atoms with Crippen molar-refractivity contribution in [2.45, 2.75) is 39.7 Å². The van der Waals surface area contributed by atoms with Crippen LogP contribution < -0.4 is 5.32 Å². The van der Waals surface area contributed by atoms with Gasteiger partial charge in [0.05, 0.1) is 12.0 Å². The molecule has 0 radical (unpaired) electrons. The number of amides is 2. The normalized spacial score (nSPS) is 15.5. The van der Waals surface area contributed by atoms with Gasteiger partial charge in [-0.25, -0.2) is 14.8 Å². The van der Waals surface area contributed by atoms with Crippen LogP contribution in [0.15, 0.2) is 34.9 Å². The fourth-order valence-electron chi connectivity index (χ4n) is 3.75. The number of rotatable bonds is 6. The van der Waals surface area contributed by atoms with Gasteiger partial charge in [-0.15, -0.1) is 0 Å². The summed E-state index contributed by atoms with van der Waals surface area (Å²) < 4.78 is 11.8. The van der Waals surface area contributed by atoms with E-state index in [1.165, 1.54) is 15.8 Å². The maximum Gasteiger partial charge on any atom is 0.329 e. The Hall–Kier alpha value is -4.02. The van der Waals surface area contributed by atoms with Crippen molar-refractivity contribution >= 4 is 23.6 Å². The molecule has 1 saturated heterocycles. The Balaban J connectivity index is 1.39. The number of anilines is 1. The lowest BCUT2D eigenvalue weighted by atomic mass is 10.2. The summed E-state index contributed by atoms with van der Waals surface area (Å²) in [6.45, 7) is 5.37. The number of carbonyl (C=O) groups is 3. The molecular weight excluding hydrogens is 428 g/mol. The van der Waals surface area contributed by atoms with E-state index in [-0.39, 0.29) is 11.7 Å². The Morgan fingerprint density at radius 1 is 1.15 bits per heavy atom. The second-order valence-corrected chi connectivity index (χ2v) is 7.82. The quantitative estimate of drug-likeness (QED) is 0.562. The molecule has 4 heterocycles. The lowest BCUT2D eigenvalue weighted by Crippen LogP contribution is -2.42. The highest BCUT2D eigenvalue weighted by Crippen LogP contribution is 2.22. The van der Waals surface area contributed by atoms with Crippen LogP contribution in [0.3, 0.4) is 0 Å². The van der Waals surface area contributed by atoms with Gasteiger partial charge < -0.3 is 19.4 Å². The van der Waals surface area contributed by atoms with Gasteiger partial charge in [0.15, 0.2) is 12.4 Å². The molecule has 11 nitrogen and oxygen atoms in total. The molecule has 0 aliphatic carbocycles. The van der Waals surface area contributed by atoms with Gasteiger partial charge in [0.1, 0.15) is 11.9 Å². The molecule has 1 aliphatic heterocycles. The van der Waals surface area contributed by atoms with Gasteiger partial charge in [0.25, 0.3) is 17.8 Å². The van der Waals surface area contributed by atoms with E-state index in [1.807, 2.05) is 19.9 Å². The van der Waals surface area contributed by atoms with Crippen LogP contribution in [0.5, 0.6) is 0 Å². The molecule has 2 amide bonds. The predicted octanol–water partition coefficient (Wildman–Crippen LogP) is 1.97. The SMILES string of the molecule is Cc1cc(C)nc(-n2nc(C)cc2NC(=O)COC(=O)C2CCCN2C(=O)c2ccco2)n1. The second-order valence-electron chi connectivity index (χ2n) is 7.82. The van der Waals surface area contributed by atoms with Crippen molar-refractivity contribution < 1.29 is 23.5 Å². The zero-order chi connectivity index (χ0) is 23.5. The van der Waals surface area contributed by atoms with Crippen LogP contribution in [-0.2, 0) is 14.3 Å². The van der Waals surface area contributed by atoms with Gasteiger partial charge in [-0.2, -0.15) is 9.78 Å². The third-order valence-corrected chi connectivity index (χ3v) is 5.12. The lowest BCUT2D eigenvalue weighted by molar-refractivity contribution is -0.151. The molecule has 1 fully saturated rings. The third-order valence-electron chi connectivity index (χ3n) is 5.12. The number of hydrogen-bond donors (Lipinski definition) is 1. The van der Waals surface area contributed by atoms with Crippen LogP contribution >= 0.6 is 0 Å². The lowest BCUT2D eigenvalue weighted by Gasteiger charge is -2.22. The van der Waals surface area contributed by atoms with Crippen LogP contribution in [0.25, 0.3) is 5.95 Å². The number of aromatic nitrogens is 4. The third kappa shape index (κ3) is 4.92. The van der Waals surface area contributed by atoms with E-state index >= 15 is 0 Å². The first-order valence-corrected chi connectivity index (χ1v) is 10.5. The number of aryl methyl sites for hydroxylation is 3. The minimum absolute atomic E-state index is 0.157. The summed E-state index contributed by atoms with van der Waals surface area (Å²) in [4.78, 5) is 47.8. The second kappa shape index (κ2) is 9.23. The molecule has 1 unspecified atom stereocenters. The summed E-state index contributed by atoms with van der Waals surface area (Å²) in [5.74, 6) is -0.720. The molecule has 1 aliphatic rings. The number of ether oxygens (including phenoxy) is 1. The van der Waals surface area contributed by atoms with Crippen molar-refractivity contribution in [3.05, 3.63) is 53.4 Å². The summed E-state index contributed by atoms with van der Waals surface area (Å²) in [5, 5.41) is 7.02. The van der Waals surface area contributed by atoms with Crippen molar-refractivity contribution in [3.8, 4) is 5.95 Å². The molecule has 3 aromatic heterocycles. The standard InChI is InChI=1S/C22H24N6O5/c1-13-10-14(2)24-22(23-13)28-18(11-15(3)26-28)25-19(29)12-33-21(31)16-6-4-8-27(16)20(30)17-7-5-9-32-17/h5,7,9-11,16H,4,6,8,12H2,1-3H3,(H,25,29). The fraction of sp³-hybridized carbons (Fsp3) is 0.364. The average molecular weight is 452 g/mol. The predicted molar refractivity (Wildman–Crippen MR) is 116 cm³/mol. The monoisotopic (exact) mass is 452 g/mol. The molecule has 1 N–H and O–H groups in total. The fourth-order valence-corrected chi connectivity index (χ4v) is 3.75. The number of nitrogens with zero attached hydrogens (tertiary/aromatic N) is 5. The van der Waals surface area contributed by atoms with Gasteiger partial charge in [-0.05, 0) is 51.8 Å². The number of hydrogen-bond acceptors (Lipinski definition) is 8. The van der Waals surface area contributed by atoms with Crippen molar-refractivity contribution in [3.63, 3.8) is 0 Å². The van der Waals surface area contributed by atoms with E-state index in [1.54, 1.807) is 25.1 Å². The smallest absolute Gasteiger partial charge is 0.329 e. The summed E-state index contributed by atoms with van der Waals surface area (Å²) >= 11 is 0. The Kier molecular flexibility index (Phi) is 6.20. The Bertz CT molecular complexity index is 1170. The molecule has 4 rings (SSSR count). The van der Waals surface area contributed by atoms with E-state index in [0.717, 1.165) is 11.4 Å². The molecule has 0 bridgehead atoms. The molecular formula is C22H24N6O5. The minimum atomic E-state index is -0.758. The largest absolute Gasteiger partial charge is 0.459 e. The van der Waals surface area contributed by atoms with Crippen molar-refractivity contribution in [1.29, 1.82) is 0 Å². The zero-order valence-electron chi connectivity index (χ0n) is 18.6. The van der Waals surface area contributed by atoms with E-state index in [2.05, 4.69) is 20.4 Å². The number of likely N-dealkylation sites (tertiary alicyclic amines) is 1. The molecule has 0 saturated carbocycles. The highest BCUT2D eigenvalue weighted by Gasteiger charge is 2.36. The summed E-state index contributed by atoms with van der Waals surface area (Å²) in [6.07, 6.45) is 2.52. The molecule has 3 aromatic rings. The minimum Gasteiger partial charge on any atom is -0.459 e. The van der Waals surface area contributed by atoms with Gasteiger partial charge in [-0.1, -0.05) is 0 Å². The van der Waals surface area contributed by atoms with E-state index < -0.39 is 24.5 Å². The number of esters is 1. The maximum absolute atomic E-state index is 12.6. The molecule has 11 heteroatoms.